The molecule has 0 bridgehead atoms. The van der Waals surface area contributed by atoms with Crippen LogP contribution in [-0.4, -0.2) is 50.0 Å². The highest BCUT2D eigenvalue weighted by molar-refractivity contribution is 8.05. The highest BCUT2D eigenvalue weighted by atomic mass is 35.9. The molecule has 0 radical (unpaired) electrons. The minimum atomic E-state index is -3.65. The highest BCUT2D eigenvalue weighted by Crippen LogP contribution is 2.64. The molecule has 12 heteroatoms. The minimum absolute atomic E-state index is 0.0428. The molecule has 1 saturated carbocycles. The van der Waals surface area contributed by atoms with Crippen molar-refractivity contribution in [2.75, 3.05) is 19.0 Å². The van der Waals surface area contributed by atoms with E-state index in [1.54, 1.807) is 17.9 Å². The highest BCUT2D eigenvalue weighted by Gasteiger charge is 2.68. The molecule has 3 heterocycles. The molecule has 0 amide bonds. The first-order chi connectivity index (χ1) is 11.3. The van der Waals surface area contributed by atoms with E-state index in [2.05, 4.69) is 20.3 Å². The average Bonchev–Trinajstić information content (AvgIpc) is 2.97. The maximum absolute atomic E-state index is 11.3. The molecule has 1 aliphatic heterocycles. The Morgan fingerprint density at radius 1 is 1.54 bits per heavy atom. The first-order valence-electron chi connectivity index (χ1n) is 7.20. The van der Waals surface area contributed by atoms with Gasteiger partial charge in [-0.2, -0.15) is 0 Å². The van der Waals surface area contributed by atoms with E-state index >= 15 is 0 Å². The predicted molar refractivity (Wildman–Crippen MR) is 87.1 cm³/mol. The maximum Gasteiger partial charge on any atom is 0.380 e. The Kier molecular flexibility index (Phi) is 3.80. The summed E-state index contributed by atoms with van der Waals surface area (Å²) in [6.45, 7) is -0.0428. The summed E-state index contributed by atoms with van der Waals surface area (Å²) in [4.78, 5) is 12.6. The van der Waals surface area contributed by atoms with Gasteiger partial charge in [-0.05, 0) is 28.9 Å². The fourth-order valence-corrected chi connectivity index (χ4v) is 3.88. The standard InChI is InChI=1S/C12H14Cl2N5O4P/c1-15-9-7-10(17-4-16-9)19(5-18-7)11-8(20)6-2-12(6,23-11)3-22-24(13,14)21/h4-6,8,11,20H,2-3H2,1H3,(H,15,16,17)/t6?,8?,11?,12-/m1/s1. The van der Waals surface area contributed by atoms with Gasteiger partial charge >= 0.3 is 6.07 Å². The third kappa shape index (κ3) is 2.60. The Morgan fingerprint density at radius 2 is 2.33 bits per heavy atom. The molecule has 0 spiro atoms. The van der Waals surface area contributed by atoms with Crippen LogP contribution >= 0.6 is 28.6 Å². The van der Waals surface area contributed by atoms with Crippen LogP contribution in [0.5, 0.6) is 0 Å². The molecule has 2 fully saturated rings. The van der Waals surface area contributed by atoms with Crippen molar-refractivity contribution in [3.8, 4) is 0 Å². The second kappa shape index (κ2) is 5.52. The number of hydrogen-bond donors (Lipinski definition) is 2. The van der Waals surface area contributed by atoms with Gasteiger partial charge in [-0.25, -0.2) is 15.0 Å². The zero-order valence-corrected chi connectivity index (χ0v) is 14.9. The Labute approximate surface area is 146 Å². The van der Waals surface area contributed by atoms with Crippen molar-refractivity contribution >= 4 is 45.5 Å². The molecule has 2 aromatic rings. The first kappa shape index (κ1) is 16.5. The number of fused-ring (bicyclic) bond motifs is 2. The molecule has 4 rings (SSSR count). The van der Waals surface area contributed by atoms with E-state index in [1.165, 1.54) is 6.33 Å². The fraction of sp³-hybridized carbons (Fsp3) is 0.583. The van der Waals surface area contributed by atoms with E-state index in [4.69, 9.17) is 31.7 Å². The topological polar surface area (TPSA) is 111 Å². The number of hydrogen-bond acceptors (Lipinski definition) is 8. The van der Waals surface area contributed by atoms with E-state index < -0.39 is 24.0 Å². The van der Waals surface area contributed by atoms with Crippen molar-refractivity contribution in [2.24, 2.45) is 5.92 Å². The zero-order chi connectivity index (χ0) is 17.1. The molecular weight excluding hydrogens is 380 g/mol. The van der Waals surface area contributed by atoms with Gasteiger partial charge in [-0.3, -0.25) is 9.13 Å². The number of aromatic nitrogens is 4. The second-order valence-electron chi connectivity index (χ2n) is 5.86. The summed E-state index contributed by atoms with van der Waals surface area (Å²) in [5.74, 6) is 0.435. The largest absolute Gasteiger partial charge is 0.388 e. The van der Waals surface area contributed by atoms with Crippen molar-refractivity contribution in [1.29, 1.82) is 0 Å². The summed E-state index contributed by atoms with van der Waals surface area (Å²) in [5, 5.41) is 13.5. The lowest BCUT2D eigenvalue weighted by Crippen LogP contribution is -2.25. The van der Waals surface area contributed by atoms with Gasteiger partial charge < -0.3 is 19.7 Å². The summed E-state index contributed by atoms with van der Waals surface area (Å²) in [5.41, 5.74) is 0.378. The molecule has 9 nitrogen and oxygen atoms in total. The monoisotopic (exact) mass is 393 g/mol. The lowest BCUT2D eigenvalue weighted by molar-refractivity contribution is -0.0853. The summed E-state index contributed by atoms with van der Waals surface area (Å²) in [7, 11) is 1.74. The molecule has 130 valence electrons. The average molecular weight is 394 g/mol. The van der Waals surface area contributed by atoms with Crippen LogP contribution in [0.4, 0.5) is 5.82 Å². The molecule has 3 unspecified atom stereocenters. The molecular formula is C12H14Cl2N5O4P. The van der Waals surface area contributed by atoms with Gasteiger partial charge in [0.15, 0.2) is 17.7 Å². The lowest BCUT2D eigenvalue weighted by Gasteiger charge is -2.21. The molecule has 24 heavy (non-hydrogen) atoms. The lowest BCUT2D eigenvalue weighted by atomic mass is 10.2. The molecule has 2 aromatic heterocycles. The smallest absolute Gasteiger partial charge is 0.380 e. The number of nitrogens with zero attached hydrogens (tertiary/aromatic N) is 4. The van der Waals surface area contributed by atoms with Crippen molar-refractivity contribution < 1.29 is 18.9 Å². The van der Waals surface area contributed by atoms with Crippen LogP contribution in [0.3, 0.4) is 0 Å². The Bertz CT molecular complexity index is 844. The predicted octanol–water partition coefficient (Wildman–Crippen LogP) is 2.12. The minimum Gasteiger partial charge on any atom is -0.388 e. The first-order valence-corrected chi connectivity index (χ1v) is 10.6. The van der Waals surface area contributed by atoms with Gasteiger partial charge in [0.05, 0.1) is 12.9 Å². The number of ether oxygens (including phenoxy) is 1. The van der Waals surface area contributed by atoms with E-state index in [-0.39, 0.29) is 12.5 Å². The van der Waals surface area contributed by atoms with Crippen molar-refractivity contribution in [1.82, 2.24) is 19.5 Å². The van der Waals surface area contributed by atoms with Crippen LogP contribution in [0.2, 0.25) is 0 Å². The van der Waals surface area contributed by atoms with Crippen LogP contribution in [0.1, 0.15) is 12.6 Å². The van der Waals surface area contributed by atoms with E-state index in [9.17, 15) is 9.67 Å². The Morgan fingerprint density at radius 3 is 3.04 bits per heavy atom. The summed E-state index contributed by atoms with van der Waals surface area (Å²) in [6.07, 6.45) is -1.57. The Balaban J connectivity index is 1.61. The maximum atomic E-state index is 11.3. The molecule has 1 aliphatic carbocycles. The third-order valence-corrected chi connectivity index (χ3v) is 5.49. The molecule has 1 saturated heterocycles. The number of anilines is 1. The number of aliphatic hydroxyl groups is 1. The van der Waals surface area contributed by atoms with Gasteiger partial charge in [0, 0.05) is 13.0 Å². The number of aliphatic hydroxyl groups excluding tert-OH is 1. The van der Waals surface area contributed by atoms with Crippen LogP contribution in [0.15, 0.2) is 12.7 Å². The van der Waals surface area contributed by atoms with Crippen molar-refractivity contribution in [3.63, 3.8) is 0 Å². The number of nitrogens with one attached hydrogen (secondary N) is 1. The number of rotatable bonds is 5. The summed E-state index contributed by atoms with van der Waals surface area (Å²) < 4.78 is 23.9. The van der Waals surface area contributed by atoms with Crippen LogP contribution in [0, 0.1) is 5.92 Å². The summed E-state index contributed by atoms with van der Waals surface area (Å²) in [6, 6.07) is 0. The normalized spacial score (nSPS) is 32.1. The molecule has 2 aliphatic rings. The second-order valence-corrected chi connectivity index (χ2v) is 10.1. The van der Waals surface area contributed by atoms with Gasteiger partial charge in [0.1, 0.15) is 23.5 Å². The number of halogens is 2. The van der Waals surface area contributed by atoms with Crippen molar-refractivity contribution in [2.45, 2.75) is 24.4 Å². The quantitative estimate of drug-likeness (QED) is 0.742. The van der Waals surface area contributed by atoms with Gasteiger partial charge in [0.25, 0.3) is 0 Å². The SMILES string of the molecule is CNc1ncnc2c1ncn2C1O[C@@]2(COP(=O)(Cl)Cl)CC2C1O. The zero-order valence-electron chi connectivity index (χ0n) is 12.5. The van der Waals surface area contributed by atoms with Crippen LogP contribution < -0.4 is 5.32 Å². The number of imidazole rings is 1. The molecule has 4 atom stereocenters. The summed E-state index contributed by atoms with van der Waals surface area (Å²) >= 11 is 10.8. The van der Waals surface area contributed by atoms with Gasteiger partial charge in [-0.15, -0.1) is 0 Å². The van der Waals surface area contributed by atoms with Crippen LogP contribution in [0.25, 0.3) is 11.2 Å². The third-order valence-electron chi connectivity index (χ3n) is 4.47. The molecule has 0 aromatic carbocycles. The molecule has 2 N–H and O–H groups in total. The van der Waals surface area contributed by atoms with Gasteiger partial charge in [0.2, 0.25) is 0 Å². The van der Waals surface area contributed by atoms with Crippen molar-refractivity contribution in [3.05, 3.63) is 12.7 Å². The van der Waals surface area contributed by atoms with E-state index in [1.807, 2.05) is 0 Å². The fourth-order valence-electron chi connectivity index (χ4n) is 3.22. The Hall–Kier alpha value is -0.960. The van der Waals surface area contributed by atoms with Crippen LogP contribution in [-0.2, 0) is 13.8 Å². The van der Waals surface area contributed by atoms with E-state index in [0.717, 1.165) is 0 Å². The van der Waals surface area contributed by atoms with Gasteiger partial charge in [-0.1, -0.05) is 0 Å². The van der Waals surface area contributed by atoms with E-state index in [0.29, 0.717) is 23.4 Å².